The van der Waals surface area contributed by atoms with E-state index in [-0.39, 0.29) is 30.8 Å². The summed E-state index contributed by atoms with van der Waals surface area (Å²) in [6, 6.07) is 13.5. The molecule has 0 saturated carbocycles. The molecule has 1 unspecified atom stereocenters. The zero-order valence-electron chi connectivity index (χ0n) is 22.1. The lowest BCUT2D eigenvalue weighted by molar-refractivity contribution is -0.133. The van der Waals surface area contributed by atoms with Crippen molar-refractivity contribution < 1.29 is 28.6 Å². The average molecular weight is 528 g/mol. The van der Waals surface area contributed by atoms with Crippen LogP contribution < -0.4 is 9.47 Å². The number of nitrogens with zero attached hydrogens (tertiary/aromatic N) is 3. The quantitative estimate of drug-likeness (QED) is 0.479. The number of likely N-dealkylation sites (tertiary alicyclic amines) is 1. The van der Waals surface area contributed by atoms with E-state index in [0.717, 1.165) is 43.7 Å². The lowest BCUT2D eigenvalue weighted by Gasteiger charge is -2.32. The molecule has 2 aliphatic heterocycles. The molecule has 2 amide bonds. The van der Waals surface area contributed by atoms with E-state index >= 15 is 0 Å². The molecule has 206 valence electrons. The first-order chi connectivity index (χ1) is 18.3. The maximum atomic E-state index is 13.2. The van der Waals surface area contributed by atoms with E-state index in [4.69, 9.17) is 9.47 Å². The Kier molecular flexibility index (Phi) is 9.58. The molecule has 0 aliphatic carbocycles. The van der Waals surface area contributed by atoms with Gasteiger partial charge >= 0.3 is 0 Å². The largest absolute Gasteiger partial charge is 0.494 e. The Morgan fingerprint density at radius 3 is 2.39 bits per heavy atom. The smallest absolute Gasteiger partial charge is 0.222 e. The Morgan fingerprint density at radius 2 is 1.68 bits per heavy atom. The Hall–Kier alpha value is -3.17. The molecular weight excluding hydrogens is 489 g/mol. The fourth-order valence-electron chi connectivity index (χ4n) is 4.98. The fraction of sp³-hybridized carbons (Fsp3) is 0.517. The average Bonchev–Trinajstić information content (AvgIpc) is 3.07. The minimum absolute atomic E-state index is 0.0191. The number of β-amino-alcohol motifs (C(OH)–C–C–N with tert-alkyl or cyclic N) is 1. The molecule has 1 N–H and O–H groups in total. The molecule has 0 bridgehead atoms. The number of piperidine rings is 1. The minimum Gasteiger partial charge on any atom is -0.494 e. The second kappa shape index (κ2) is 13.1. The third-order valence-electron chi connectivity index (χ3n) is 7.05. The van der Waals surface area contributed by atoms with Crippen molar-refractivity contribution in [2.75, 3.05) is 52.5 Å². The molecule has 2 heterocycles. The Bertz CT molecular complexity index is 1060. The topological polar surface area (TPSA) is 82.6 Å². The summed E-state index contributed by atoms with van der Waals surface area (Å²) in [5.41, 5.74) is -0.218. The molecule has 2 saturated heterocycles. The number of carbonyl (C=O) groups excluding carboxylic acids is 2. The van der Waals surface area contributed by atoms with Gasteiger partial charge in [0.2, 0.25) is 11.8 Å². The van der Waals surface area contributed by atoms with Crippen LogP contribution in [0.1, 0.15) is 38.2 Å². The minimum atomic E-state index is -1.28. The van der Waals surface area contributed by atoms with Gasteiger partial charge in [-0.15, -0.1) is 0 Å². The highest BCUT2D eigenvalue weighted by Crippen LogP contribution is 2.21. The van der Waals surface area contributed by atoms with E-state index in [1.807, 2.05) is 29.2 Å². The summed E-state index contributed by atoms with van der Waals surface area (Å²) in [4.78, 5) is 29.7. The second-order valence-electron chi connectivity index (χ2n) is 10.3. The summed E-state index contributed by atoms with van der Waals surface area (Å²) in [7, 11) is 0. The van der Waals surface area contributed by atoms with Gasteiger partial charge in [0.15, 0.2) is 0 Å². The lowest BCUT2D eigenvalue weighted by atomic mass is 10.0. The van der Waals surface area contributed by atoms with Gasteiger partial charge in [-0.25, -0.2) is 4.39 Å². The van der Waals surface area contributed by atoms with E-state index in [2.05, 4.69) is 4.90 Å². The molecule has 8 nitrogen and oxygen atoms in total. The van der Waals surface area contributed by atoms with Crippen LogP contribution >= 0.6 is 0 Å². The number of amides is 2. The van der Waals surface area contributed by atoms with Crippen molar-refractivity contribution in [1.29, 1.82) is 0 Å². The van der Waals surface area contributed by atoms with E-state index in [1.54, 1.807) is 4.90 Å². The van der Waals surface area contributed by atoms with Gasteiger partial charge in [-0.3, -0.25) is 14.5 Å². The first-order valence-corrected chi connectivity index (χ1v) is 13.4. The SMILES string of the molecule is CC(=O)N1CCN(Cc2ccc(OCCCN3CCCCC3=O)cc2)CC(O)(COc2ccc(F)cc2)C1. The highest BCUT2D eigenvalue weighted by molar-refractivity contribution is 5.76. The molecular formula is C29H38FN3O5. The number of aliphatic hydroxyl groups is 1. The van der Waals surface area contributed by atoms with Crippen molar-refractivity contribution in [3.8, 4) is 11.5 Å². The Morgan fingerprint density at radius 1 is 0.974 bits per heavy atom. The first kappa shape index (κ1) is 27.9. The van der Waals surface area contributed by atoms with Crippen LogP contribution in [0.25, 0.3) is 0 Å². The van der Waals surface area contributed by atoms with Gasteiger partial charge in [-0.2, -0.15) is 0 Å². The predicted molar refractivity (Wildman–Crippen MR) is 141 cm³/mol. The summed E-state index contributed by atoms with van der Waals surface area (Å²) in [6.45, 7) is 5.83. The monoisotopic (exact) mass is 527 g/mol. The van der Waals surface area contributed by atoms with Crippen LogP contribution in [0, 0.1) is 5.82 Å². The standard InChI is InChI=1S/C29H38FN3O5/c1-23(34)33-17-16-31(20-29(36,21-33)22-38-27-12-8-25(30)9-13-27)19-24-6-10-26(11-7-24)37-18-4-15-32-14-3-2-5-28(32)35/h6-13,36H,2-5,14-22H2,1H3. The third-order valence-corrected chi connectivity index (χ3v) is 7.05. The van der Waals surface area contributed by atoms with Gasteiger partial charge < -0.3 is 24.4 Å². The molecule has 2 fully saturated rings. The summed E-state index contributed by atoms with van der Waals surface area (Å²) in [5, 5.41) is 11.4. The molecule has 4 rings (SSSR count). The van der Waals surface area contributed by atoms with Crippen molar-refractivity contribution in [3.05, 3.63) is 59.9 Å². The van der Waals surface area contributed by atoms with Gasteiger partial charge in [0.1, 0.15) is 29.5 Å². The summed E-state index contributed by atoms with van der Waals surface area (Å²) < 4.78 is 24.9. The molecule has 9 heteroatoms. The van der Waals surface area contributed by atoms with Crippen molar-refractivity contribution in [2.24, 2.45) is 0 Å². The third kappa shape index (κ3) is 8.16. The normalized spacial score (nSPS) is 20.8. The number of halogens is 1. The van der Waals surface area contributed by atoms with Crippen LogP contribution in [0.3, 0.4) is 0 Å². The van der Waals surface area contributed by atoms with Gasteiger partial charge in [0, 0.05) is 52.6 Å². The predicted octanol–water partition coefficient (Wildman–Crippen LogP) is 3.08. The van der Waals surface area contributed by atoms with Crippen molar-refractivity contribution >= 4 is 11.8 Å². The van der Waals surface area contributed by atoms with Crippen LogP contribution in [-0.2, 0) is 16.1 Å². The molecule has 0 aromatic heterocycles. The maximum Gasteiger partial charge on any atom is 0.222 e. The van der Waals surface area contributed by atoms with Gasteiger partial charge in [0.25, 0.3) is 0 Å². The van der Waals surface area contributed by atoms with Gasteiger partial charge in [-0.05, 0) is 61.2 Å². The Balaban J connectivity index is 1.29. The fourth-order valence-corrected chi connectivity index (χ4v) is 4.98. The summed E-state index contributed by atoms with van der Waals surface area (Å²) in [6.07, 6.45) is 3.53. The van der Waals surface area contributed by atoms with Crippen LogP contribution in [0.4, 0.5) is 4.39 Å². The van der Waals surface area contributed by atoms with Crippen molar-refractivity contribution in [1.82, 2.24) is 14.7 Å². The van der Waals surface area contributed by atoms with E-state index in [9.17, 15) is 19.1 Å². The molecule has 2 aromatic carbocycles. The molecule has 0 spiro atoms. The van der Waals surface area contributed by atoms with Crippen LogP contribution in [-0.4, -0.2) is 89.7 Å². The highest BCUT2D eigenvalue weighted by Gasteiger charge is 2.37. The number of ether oxygens (including phenoxy) is 2. The molecule has 38 heavy (non-hydrogen) atoms. The van der Waals surface area contributed by atoms with Gasteiger partial charge in [-0.1, -0.05) is 12.1 Å². The van der Waals surface area contributed by atoms with Crippen LogP contribution in [0.5, 0.6) is 11.5 Å². The zero-order valence-corrected chi connectivity index (χ0v) is 22.1. The second-order valence-corrected chi connectivity index (χ2v) is 10.3. The molecule has 0 radical (unpaired) electrons. The first-order valence-electron chi connectivity index (χ1n) is 13.4. The number of carbonyl (C=O) groups is 2. The van der Waals surface area contributed by atoms with Gasteiger partial charge in [0.05, 0.1) is 13.2 Å². The molecule has 2 aromatic rings. The number of hydrogen-bond donors (Lipinski definition) is 1. The van der Waals surface area contributed by atoms with Crippen LogP contribution in [0.2, 0.25) is 0 Å². The number of hydrogen-bond acceptors (Lipinski definition) is 6. The maximum absolute atomic E-state index is 13.2. The van der Waals surface area contributed by atoms with Crippen LogP contribution in [0.15, 0.2) is 48.5 Å². The summed E-state index contributed by atoms with van der Waals surface area (Å²) in [5.74, 6) is 1.03. The Labute approximate surface area is 223 Å². The number of benzene rings is 2. The van der Waals surface area contributed by atoms with Crippen molar-refractivity contribution in [2.45, 2.75) is 44.8 Å². The van der Waals surface area contributed by atoms with E-state index in [1.165, 1.54) is 31.2 Å². The highest BCUT2D eigenvalue weighted by atomic mass is 19.1. The van der Waals surface area contributed by atoms with E-state index < -0.39 is 5.60 Å². The van der Waals surface area contributed by atoms with E-state index in [0.29, 0.717) is 45.0 Å². The van der Waals surface area contributed by atoms with Crippen molar-refractivity contribution in [3.63, 3.8) is 0 Å². The zero-order chi connectivity index (χ0) is 27.0. The number of rotatable bonds is 10. The molecule has 2 aliphatic rings. The summed E-state index contributed by atoms with van der Waals surface area (Å²) >= 11 is 0. The molecule has 1 atom stereocenters. The lowest BCUT2D eigenvalue weighted by Crippen LogP contribution is -2.51.